The highest BCUT2D eigenvalue weighted by atomic mass is 79.9. The van der Waals surface area contributed by atoms with Gasteiger partial charge in [0, 0.05) is 10.4 Å². The molecule has 0 radical (unpaired) electrons. The summed E-state index contributed by atoms with van der Waals surface area (Å²) in [5.41, 5.74) is 0.680. The van der Waals surface area contributed by atoms with Crippen molar-refractivity contribution < 1.29 is 18.7 Å². The molecule has 142 valence electrons. The maximum Gasteiger partial charge on any atom is 0.343 e. The molecule has 1 aromatic heterocycles. The minimum Gasteiger partial charge on any atom is -0.465 e. The molecule has 4 rings (SSSR count). The maximum absolute atomic E-state index is 12.9. The lowest BCUT2D eigenvalue weighted by molar-refractivity contribution is -0.146. The molecule has 1 N–H and O–H groups in total. The fraction of sp³-hybridized carbons (Fsp3) is 0.190. The van der Waals surface area contributed by atoms with Gasteiger partial charge in [0.15, 0.2) is 5.75 Å². The Morgan fingerprint density at radius 3 is 2.61 bits per heavy atom. The van der Waals surface area contributed by atoms with Gasteiger partial charge in [-0.25, -0.2) is 4.79 Å². The molecule has 2 aromatic carbocycles. The molecule has 6 nitrogen and oxygen atoms in total. The zero-order valence-corrected chi connectivity index (χ0v) is 16.5. The molecule has 0 spiro atoms. The second-order valence-electron chi connectivity index (χ2n) is 6.35. The first-order valence-electron chi connectivity index (χ1n) is 8.75. The monoisotopic (exact) mass is 441 g/mol. The fourth-order valence-corrected chi connectivity index (χ4v) is 3.77. The summed E-state index contributed by atoms with van der Waals surface area (Å²) >= 11 is 3.39. The van der Waals surface area contributed by atoms with Crippen molar-refractivity contribution in [3.63, 3.8) is 0 Å². The van der Waals surface area contributed by atoms with Crippen molar-refractivity contribution in [1.29, 1.82) is 5.41 Å². The lowest BCUT2D eigenvalue weighted by Gasteiger charge is -2.32. The normalized spacial score (nSPS) is 18.4. The third-order valence-corrected chi connectivity index (χ3v) is 5.24. The van der Waals surface area contributed by atoms with Crippen LogP contribution in [0.15, 0.2) is 62.2 Å². The van der Waals surface area contributed by atoms with Gasteiger partial charge in [-0.05, 0) is 36.8 Å². The number of carbonyl (C=O) groups excluding carboxylic acids is 1. The number of rotatable bonds is 3. The highest BCUT2D eigenvalue weighted by molar-refractivity contribution is 9.10. The van der Waals surface area contributed by atoms with Crippen LogP contribution in [-0.4, -0.2) is 18.5 Å². The van der Waals surface area contributed by atoms with E-state index < -0.39 is 23.4 Å². The molecule has 2 atom stereocenters. The van der Waals surface area contributed by atoms with Gasteiger partial charge in [0.25, 0.3) is 0 Å². The predicted octanol–water partition coefficient (Wildman–Crippen LogP) is 4.24. The van der Waals surface area contributed by atoms with Gasteiger partial charge in [0.05, 0.1) is 17.6 Å². The van der Waals surface area contributed by atoms with Gasteiger partial charge in [0.2, 0.25) is 5.90 Å². The number of para-hydroxylation sites is 1. The minimum atomic E-state index is -1.07. The Hall–Kier alpha value is -2.93. The van der Waals surface area contributed by atoms with Crippen LogP contribution in [0.5, 0.6) is 5.75 Å². The van der Waals surface area contributed by atoms with Crippen LogP contribution < -0.4 is 10.4 Å². The van der Waals surface area contributed by atoms with Gasteiger partial charge in [0.1, 0.15) is 11.5 Å². The summed E-state index contributed by atoms with van der Waals surface area (Å²) in [7, 11) is 0. The number of ether oxygens (including phenoxy) is 2. The Labute approximate surface area is 168 Å². The maximum atomic E-state index is 12.9. The molecule has 0 bridgehead atoms. The zero-order valence-electron chi connectivity index (χ0n) is 14.9. The van der Waals surface area contributed by atoms with E-state index in [1.165, 1.54) is 0 Å². The first-order valence-corrected chi connectivity index (χ1v) is 9.54. The largest absolute Gasteiger partial charge is 0.465 e. The van der Waals surface area contributed by atoms with Crippen LogP contribution in [0.1, 0.15) is 24.0 Å². The minimum absolute atomic E-state index is 0.162. The number of hydrogen-bond acceptors (Lipinski definition) is 6. The fourth-order valence-electron chi connectivity index (χ4n) is 3.51. The summed E-state index contributed by atoms with van der Waals surface area (Å²) in [5, 5.41) is 8.96. The molecule has 7 heteroatoms. The molecule has 0 saturated heterocycles. The van der Waals surface area contributed by atoms with E-state index in [0.29, 0.717) is 16.5 Å². The van der Waals surface area contributed by atoms with Crippen molar-refractivity contribution in [2.45, 2.75) is 12.8 Å². The summed E-state index contributed by atoms with van der Waals surface area (Å²) in [6.45, 7) is 1.85. The summed E-state index contributed by atoms with van der Waals surface area (Å²) < 4.78 is 17.2. The van der Waals surface area contributed by atoms with Crippen LogP contribution in [0.2, 0.25) is 0 Å². The van der Waals surface area contributed by atoms with Crippen molar-refractivity contribution in [2.75, 3.05) is 6.61 Å². The Morgan fingerprint density at radius 2 is 1.89 bits per heavy atom. The van der Waals surface area contributed by atoms with Crippen LogP contribution in [-0.2, 0) is 9.53 Å². The average molecular weight is 442 g/mol. The van der Waals surface area contributed by atoms with Crippen molar-refractivity contribution in [3.05, 3.63) is 74.6 Å². The second-order valence-corrected chi connectivity index (χ2v) is 7.27. The molecule has 0 unspecified atom stereocenters. The summed E-state index contributed by atoms with van der Waals surface area (Å²) in [4.78, 5) is 25.5. The summed E-state index contributed by atoms with van der Waals surface area (Å²) in [5.74, 6) is -2.43. The van der Waals surface area contributed by atoms with E-state index in [9.17, 15) is 9.59 Å². The predicted molar refractivity (Wildman–Crippen MR) is 107 cm³/mol. The quantitative estimate of drug-likeness (QED) is 0.484. The second kappa shape index (κ2) is 7.24. The van der Waals surface area contributed by atoms with Crippen molar-refractivity contribution >= 4 is 38.8 Å². The Balaban J connectivity index is 2.01. The van der Waals surface area contributed by atoms with Gasteiger partial charge >= 0.3 is 11.6 Å². The lowest BCUT2D eigenvalue weighted by atomic mass is 9.78. The molecule has 2 heterocycles. The highest BCUT2D eigenvalue weighted by Crippen LogP contribution is 2.44. The number of hydrogen-bond donors (Lipinski definition) is 1. The molecule has 1 aliphatic heterocycles. The van der Waals surface area contributed by atoms with Crippen LogP contribution >= 0.6 is 15.9 Å². The molecular formula is C21H16BrNO5. The number of benzene rings is 2. The van der Waals surface area contributed by atoms with Gasteiger partial charge < -0.3 is 13.9 Å². The van der Waals surface area contributed by atoms with Crippen LogP contribution in [0, 0.1) is 11.3 Å². The van der Waals surface area contributed by atoms with Crippen molar-refractivity contribution in [3.8, 4) is 5.75 Å². The number of halogens is 1. The van der Waals surface area contributed by atoms with E-state index in [4.69, 9.17) is 19.3 Å². The van der Waals surface area contributed by atoms with E-state index in [-0.39, 0.29) is 23.8 Å². The van der Waals surface area contributed by atoms with Crippen molar-refractivity contribution in [2.24, 2.45) is 5.92 Å². The first kappa shape index (κ1) is 18.4. The zero-order chi connectivity index (χ0) is 19.8. The van der Waals surface area contributed by atoms with E-state index in [1.807, 2.05) is 12.1 Å². The molecule has 3 aromatic rings. The van der Waals surface area contributed by atoms with E-state index in [2.05, 4.69) is 15.9 Å². The molecule has 0 saturated carbocycles. The number of fused-ring (bicyclic) bond motifs is 3. The van der Waals surface area contributed by atoms with Crippen LogP contribution in [0.4, 0.5) is 0 Å². The molecule has 28 heavy (non-hydrogen) atoms. The van der Waals surface area contributed by atoms with Gasteiger partial charge in [-0.3, -0.25) is 10.2 Å². The summed E-state index contributed by atoms with van der Waals surface area (Å²) in [6.07, 6.45) is 0. The summed E-state index contributed by atoms with van der Waals surface area (Å²) in [6, 6.07) is 14.2. The van der Waals surface area contributed by atoms with Gasteiger partial charge in [-0.15, -0.1) is 0 Å². The SMILES string of the molecule is CCOC(=O)[C@H]1C(=N)Oc2c(c(=O)oc3ccccc23)[C@H]1c1ccc(Br)cc1. The molecule has 0 amide bonds. The standard InChI is InChI=1S/C21H16BrNO5/c1-2-26-20(24)17-15(11-7-9-12(22)10-8-11)16-18(28-19(17)23)13-5-3-4-6-14(13)27-21(16)25/h3-10,15,17,23H,2H2,1H3/t15-,17-/m1/s1. The number of esters is 1. The number of carbonyl (C=O) groups is 1. The lowest BCUT2D eigenvalue weighted by Crippen LogP contribution is -2.40. The van der Waals surface area contributed by atoms with Gasteiger partial charge in [-0.2, -0.15) is 0 Å². The third kappa shape index (κ3) is 3.01. The number of nitrogens with one attached hydrogen (secondary N) is 1. The molecule has 0 fully saturated rings. The van der Waals surface area contributed by atoms with E-state index >= 15 is 0 Å². The highest BCUT2D eigenvalue weighted by Gasteiger charge is 2.45. The molecule has 1 aliphatic rings. The average Bonchev–Trinajstić information content (AvgIpc) is 2.68. The van der Waals surface area contributed by atoms with Crippen LogP contribution in [0.25, 0.3) is 11.0 Å². The van der Waals surface area contributed by atoms with Gasteiger partial charge in [-0.1, -0.05) is 40.2 Å². The Morgan fingerprint density at radius 1 is 1.18 bits per heavy atom. The Bertz CT molecular complexity index is 1140. The topological polar surface area (TPSA) is 89.6 Å². The third-order valence-electron chi connectivity index (χ3n) is 4.71. The first-order chi connectivity index (χ1) is 13.5. The van der Waals surface area contributed by atoms with E-state index in [0.717, 1.165) is 4.47 Å². The van der Waals surface area contributed by atoms with E-state index in [1.54, 1.807) is 43.3 Å². The van der Waals surface area contributed by atoms with Crippen molar-refractivity contribution in [1.82, 2.24) is 0 Å². The van der Waals surface area contributed by atoms with Crippen LogP contribution in [0.3, 0.4) is 0 Å². The molecule has 0 aliphatic carbocycles. The molecular weight excluding hydrogens is 426 g/mol. The smallest absolute Gasteiger partial charge is 0.343 e. The Kier molecular flexibility index (Phi) is 4.77.